The highest BCUT2D eigenvalue weighted by Gasteiger charge is 2.22. The second-order valence-electron chi connectivity index (χ2n) is 6.57. The van der Waals surface area contributed by atoms with Gasteiger partial charge in [0.15, 0.2) is 5.76 Å². The van der Waals surface area contributed by atoms with Crippen molar-refractivity contribution in [3.8, 4) is 0 Å². The standard InChI is InChI=1S/C18H24N4O2/c1-12(2)17-16(13(3)21-24-17)18(23)20-14-7-8-15(19-11-14)22-9-5-4-6-10-22/h7-8,11-12H,4-6,9-10H2,1-3H3,(H,20,23). The second-order valence-corrected chi connectivity index (χ2v) is 6.57. The summed E-state index contributed by atoms with van der Waals surface area (Å²) in [4.78, 5) is 19.3. The lowest BCUT2D eigenvalue weighted by Crippen LogP contribution is -2.30. The van der Waals surface area contributed by atoms with E-state index in [2.05, 4.69) is 20.4 Å². The van der Waals surface area contributed by atoms with Gasteiger partial charge < -0.3 is 14.7 Å². The summed E-state index contributed by atoms with van der Waals surface area (Å²) in [6.07, 6.45) is 5.43. The minimum absolute atomic E-state index is 0.103. The van der Waals surface area contributed by atoms with Crippen LogP contribution in [0.5, 0.6) is 0 Å². The van der Waals surface area contributed by atoms with Crippen molar-refractivity contribution >= 4 is 17.4 Å². The van der Waals surface area contributed by atoms with Crippen LogP contribution in [0.25, 0.3) is 0 Å². The fourth-order valence-electron chi connectivity index (χ4n) is 3.02. The second kappa shape index (κ2) is 7.03. The first-order valence-electron chi connectivity index (χ1n) is 8.55. The molecule has 0 saturated carbocycles. The topological polar surface area (TPSA) is 71.3 Å². The Balaban J connectivity index is 1.72. The van der Waals surface area contributed by atoms with Crippen LogP contribution < -0.4 is 10.2 Å². The number of anilines is 2. The number of carbonyl (C=O) groups is 1. The fraction of sp³-hybridized carbons (Fsp3) is 0.500. The maximum absolute atomic E-state index is 12.6. The van der Waals surface area contributed by atoms with Crippen molar-refractivity contribution in [2.75, 3.05) is 23.3 Å². The van der Waals surface area contributed by atoms with Gasteiger partial charge in [0.25, 0.3) is 5.91 Å². The number of hydrogen-bond acceptors (Lipinski definition) is 5. The Labute approximate surface area is 142 Å². The van der Waals surface area contributed by atoms with Crippen LogP contribution in [-0.4, -0.2) is 29.1 Å². The van der Waals surface area contributed by atoms with E-state index < -0.39 is 0 Å². The Morgan fingerprint density at radius 2 is 2.00 bits per heavy atom. The number of aryl methyl sites for hydroxylation is 1. The van der Waals surface area contributed by atoms with Gasteiger partial charge in [-0.1, -0.05) is 19.0 Å². The molecule has 3 rings (SSSR count). The van der Waals surface area contributed by atoms with Gasteiger partial charge in [0, 0.05) is 19.0 Å². The Bertz CT molecular complexity index is 700. The minimum atomic E-state index is -0.204. The van der Waals surface area contributed by atoms with E-state index in [0.29, 0.717) is 22.7 Å². The van der Waals surface area contributed by atoms with Gasteiger partial charge in [0.1, 0.15) is 11.4 Å². The predicted molar refractivity (Wildman–Crippen MR) is 93.6 cm³/mol. The van der Waals surface area contributed by atoms with Crippen molar-refractivity contribution in [1.82, 2.24) is 10.1 Å². The van der Waals surface area contributed by atoms with Gasteiger partial charge in [-0.15, -0.1) is 0 Å². The van der Waals surface area contributed by atoms with Gasteiger partial charge >= 0.3 is 0 Å². The van der Waals surface area contributed by atoms with E-state index in [0.717, 1.165) is 18.9 Å². The monoisotopic (exact) mass is 328 g/mol. The lowest BCUT2D eigenvalue weighted by Gasteiger charge is -2.27. The summed E-state index contributed by atoms with van der Waals surface area (Å²) in [5.41, 5.74) is 1.80. The predicted octanol–water partition coefficient (Wildman–Crippen LogP) is 3.74. The number of rotatable bonds is 4. The lowest BCUT2D eigenvalue weighted by molar-refractivity contribution is 0.102. The van der Waals surface area contributed by atoms with Crippen molar-refractivity contribution < 1.29 is 9.32 Å². The average molecular weight is 328 g/mol. The quantitative estimate of drug-likeness (QED) is 0.925. The largest absolute Gasteiger partial charge is 0.360 e. The third-order valence-electron chi connectivity index (χ3n) is 4.33. The Hall–Kier alpha value is -2.37. The van der Waals surface area contributed by atoms with Gasteiger partial charge in [-0.05, 0) is 38.3 Å². The number of piperidine rings is 1. The van der Waals surface area contributed by atoms with E-state index in [1.807, 2.05) is 26.0 Å². The molecule has 0 bridgehead atoms. The van der Waals surface area contributed by atoms with Crippen LogP contribution in [0.4, 0.5) is 11.5 Å². The molecule has 6 nitrogen and oxygen atoms in total. The minimum Gasteiger partial charge on any atom is -0.360 e. The number of amides is 1. The Kier molecular flexibility index (Phi) is 4.83. The van der Waals surface area contributed by atoms with Gasteiger partial charge in [0.05, 0.1) is 17.6 Å². The fourth-order valence-corrected chi connectivity index (χ4v) is 3.02. The van der Waals surface area contributed by atoms with Crippen LogP contribution in [0.1, 0.15) is 60.8 Å². The van der Waals surface area contributed by atoms with E-state index >= 15 is 0 Å². The van der Waals surface area contributed by atoms with Gasteiger partial charge in [-0.3, -0.25) is 4.79 Å². The first kappa shape index (κ1) is 16.5. The average Bonchev–Trinajstić information content (AvgIpc) is 2.98. The van der Waals surface area contributed by atoms with Gasteiger partial charge in [0.2, 0.25) is 0 Å². The molecule has 6 heteroatoms. The summed E-state index contributed by atoms with van der Waals surface area (Å²) in [7, 11) is 0. The normalized spacial score (nSPS) is 14.9. The van der Waals surface area contributed by atoms with Crippen molar-refractivity contribution in [2.45, 2.75) is 46.0 Å². The maximum atomic E-state index is 12.6. The summed E-state index contributed by atoms with van der Waals surface area (Å²) in [6, 6.07) is 3.86. The molecule has 1 aliphatic heterocycles. The third-order valence-corrected chi connectivity index (χ3v) is 4.33. The van der Waals surface area contributed by atoms with Crippen molar-refractivity contribution in [1.29, 1.82) is 0 Å². The highest BCUT2D eigenvalue weighted by Crippen LogP contribution is 2.24. The number of aromatic nitrogens is 2. The first-order chi connectivity index (χ1) is 11.6. The number of nitrogens with one attached hydrogen (secondary N) is 1. The molecule has 0 aromatic carbocycles. The van der Waals surface area contributed by atoms with Crippen LogP contribution >= 0.6 is 0 Å². The number of nitrogens with zero attached hydrogens (tertiary/aromatic N) is 3. The Morgan fingerprint density at radius 1 is 1.25 bits per heavy atom. The van der Waals surface area contributed by atoms with Crippen LogP contribution in [0.2, 0.25) is 0 Å². The zero-order valence-electron chi connectivity index (χ0n) is 14.5. The summed E-state index contributed by atoms with van der Waals surface area (Å²) in [6.45, 7) is 7.84. The number of pyridine rings is 1. The molecule has 1 aliphatic rings. The van der Waals surface area contributed by atoms with E-state index in [1.165, 1.54) is 19.3 Å². The number of hydrogen-bond donors (Lipinski definition) is 1. The maximum Gasteiger partial charge on any atom is 0.261 e. The molecule has 2 aromatic rings. The first-order valence-corrected chi connectivity index (χ1v) is 8.55. The van der Waals surface area contributed by atoms with Crippen LogP contribution in [0.15, 0.2) is 22.9 Å². The molecule has 1 saturated heterocycles. The lowest BCUT2D eigenvalue weighted by atomic mass is 10.0. The highest BCUT2D eigenvalue weighted by atomic mass is 16.5. The van der Waals surface area contributed by atoms with Crippen molar-refractivity contribution in [3.05, 3.63) is 35.3 Å². The molecule has 128 valence electrons. The summed E-state index contributed by atoms with van der Waals surface area (Å²) >= 11 is 0. The van der Waals surface area contributed by atoms with E-state index in [1.54, 1.807) is 13.1 Å². The molecular weight excluding hydrogens is 304 g/mol. The molecule has 0 aliphatic carbocycles. The van der Waals surface area contributed by atoms with Gasteiger partial charge in [-0.2, -0.15) is 0 Å². The van der Waals surface area contributed by atoms with E-state index in [4.69, 9.17) is 4.52 Å². The molecule has 1 N–H and O–H groups in total. The molecule has 24 heavy (non-hydrogen) atoms. The molecule has 0 radical (unpaired) electrons. The summed E-state index contributed by atoms with van der Waals surface area (Å²) in [5, 5.41) is 6.81. The molecule has 0 unspecified atom stereocenters. The molecule has 0 atom stereocenters. The SMILES string of the molecule is Cc1noc(C(C)C)c1C(=O)Nc1ccc(N2CCCCC2)nc1. The van der Waals surface area contributed by atoms with Crippen LogP contribution in [-0.2, 0) is 0 Å². The molecule has 2 aromatic heterocycles. The van der Waals surface area contributed by atoms with Gasteiger partial charge in [-0.25, -0.2) is 4.98 Å². The molecular formula is C18H24N4O2. The molecule has 3 heterocycles. The van der Waals surface area contributed by atoms with Crippen molar-refractivity contribution in [3.63, 3.8) is 0 Å². The van der Waals surface area contributed by atoms with E-state index in [-0.39, 0.29) is 11.8 Å². The van der Waals surface area contributed by atoms with Crippen molar-refractivity contribution in [2.24, 2.45) is 0 Å². The number of carbonyl (C=O) groups excluding carboxylic acids is 1. The highest BCUT2D eigenvalue weighted by molar-refractivity contribution is 6.05. The molecule has 1 fully saturated rings. The Morgan fingerprint density at radius 3 is 2.62 bits per heavy atom. The third kappa shape index (κ3) is 3.42. The molecule has 1 amide bonds. The summed E-state index contributed by atoms with van der Waals surface area (Å²) < 4.78 is 5.28. The van der Waals surface area contributed by atoms with Crippen LogP contribution in [0.3, 0.4) is 0 Å². The summed E-state index contributed by atoms with van der Waals surface area (Å²) in [5.74, 6) is 1.48. The zero-order valence-corrected chi connectivity index (χ0v) is 14.5. The zero-order chi connectivity index (χ0) is 17.1. The van der Waals surface area contributed by atoms with Crippen LogP contribution in [0, 0.1) is 6.92 Å². The van der Waals surface area contributed by atoms with E-state index in [9.17, 15) is 4.79 Å². The molecule has 0 spiro atoms. The smallest absolute Gasteiger partial charge is 0.261 e.